The zero-order valence-electron chi connectivity index (χ0n) is 20.2. The molecule has 1 fully saturated rings. The number of anilines is 1. The number of benzene rings is 2. The van der Waals surface area contributed by atoms with Gasteiger partial charge in [0.2, 0.25) is 0 Å². The van der Waals surface area contributed by atoms with Gasteiger partial charge in [-0.15, -0.1) is 0 Å². The number of aliphatic hydroxyl groups is 1. The number of rotatable bonds is 6. The van der Waals surface area contributed by atoms with E-state index < -0.39 is 12.1 Å². The first-order valence-electron chi connectivity index (χ1n) is 11.7. The van der Waals surface area contributed by atoms with E-state index in [1.54, 1.807) is 16.7 Å². The van der Waals surface area contributed by atoms with Crippen molar-refractivity contribution in [1.29, 1.82) is 0 Å². The number of carbonyl (C=O) groups excluding carboxylic acids is 1. The van der Waals surface area contributed by atoms with Crippen LogP contribution in [0.5, 0.6) is 0 Å². The van der Waals surface area contributed by atoms with E-state index in [1.807, 2.05) is 68.6 Å². The second-order valence-corrected chi connectivity index (χ2v) is 9.36. The zero-order valence-corrected chi connectivity index (χ0v) is 20.2. The summed E-state index contributed by atoms with van der Waals surface area (Å²) in [6.07, 6.45) is 3.07. The maximum atomic E-state index is 13.3. The van der Waals surface area contributed by atoms with Crippen molar-refractivity contribution in [3.8, 4) is 5.69 Å². The quantitative estimate of drug-likeness (QED) is 0.369. The molecule has 8 heteroatoms. The minimum atomic E-state index is -0.645. The Morgan fingerprint density at radius 3 is 2.60 bits per heavy atom. The average Bonchev–Trinajstić information content (AvgIpc) is 3.57. The smallest absolute Gasteiger partial charge is 0.320 e. The molecule has 2 aliphatic carbocycles. The van der Waals surface area contributed by atoms with Crippen LogP contribution < -0.4 is 10.6 Å². The van der Waals surface area contributed by atoms with Crippen molar-refractivity contribution in [1.82, 2.24) is 20.1 Å². The van der Waals surface area contributed by atoms with Crippen LogP contribution in [0.3, 0.4) is 0 Å². The highest BCUT2D eigenvalue weighted by Gasteiger charge is 2.59. The van der Waals surface area contributed by atoms with E-state index in [2.05, 4.69) is 28.5 Å². The molecule has 1 saturated carbocycles. The van der Waals surface area contributed by atoms with Crippen LogP contribution in [-0.2, 0) is 5.41 Å². The topological polar surface area (TPSA) is 94.8 Å². The Bertz CT molecular complexity index is 1310. The number of hydrogen-bond acceptors (Lipinski definition) is 5. The molecule has 5 rings (SSSR count). The second-order valence-electron chi connectivity index (χ2n) is 9.36. The number of para-hydroxylation sites is 1. The lowest BCUT2D eigenvalue weighted by atomic mass is 9.97. The van der Waals surface area contributed by atoms with E-state index in [0.717, 1.165) is 46.5 Å². The van der Waals surface area contributed by atoms with Gasteiger partial charge in [0.25, 0.3) is 0 Å². The van der Waals surface area contributed by atoms with Crippen molar-refractivity contribution < 1.29 is 9.90 Å². The molecule has 35 heavy (non-hydrogen) atoms. The van der Waals surface area contributed by atoms with Crippen LogP contribution in [0.4, 0.5) is 10.6 Å². The van der Waals surface area contributed by atoms with Gasteiger partial charge in [-0.1, -0.05) is 42.5 Å². The number of allylic oxidation sites excluding steroid dienone is 1. The molecule has 2 amide bonds. The minimum Gasteiger partial charge on any atom is -0.390 e. The number of hydrazone groups is 1. The standard InChI is InChI=1S/C27H30N6O2/c1-17(16-32(4)28-3)22-18(2)25(33(31-22)19-10-6-5-7-11-19)30-26(35)29-23-20-12-8-9-13-21(20)27(14-15-27)24(23)34/h5-13,16,23-24,34H,3,14-15H2,1-2,4H3,(H2,29,30,35)/b17-16+/t23-,24+/m1/s1. The van der Waals surface area contributed by atoms with E-state index in [9.17, 15) is 9.90 Å². The summed E-state index contributed by atoms with van der Waals surface area (Å²) in [4.78, 5) is 13.3. The Kier molecular flexibility index (Phi) is 5.68. The van der Waals surface area contributed by atoms with Gasteiger partial charge in [0, 0.05) is 30.9 Å². The van der Waals surface area contributed by atoms with Gasteiger partial charge < -0.3 is 10.4 Å². The highest BCUT2D eigenvalue weighted by atomic mass is 16.3. The molecule has 2 aromatic carbocycles. The number of aliphatic hydroxyl groups excluding tert-OH is 1. The SMILES string of the molecule is C=NN(C)/C=C(\C)c1nn(-c2ccccc2)c(NC(=O)N[C@@H]2c3ccccc3C3(CC3)[C@H]2O)c1C. The van der Waals surface area contributed by atoms with E-state index in [1.165, 1.54) is 0 Å². The van der Waals surface area contributed by atoms with Gasteiger partial charge in [-0.2, -0.15) is 10.2 Å². The molecule has 1 aromatic heterocycles. The number of nitrogens with zero attached hydrogens (tertiary/aromatic N) is 4. The summed E-state index contributed by atoms with van der Waals surface area (Å²) in [6, 6.07) is 16.8. The van der Waals surface area contributed by atoms with Crippen LogP contribution in [-0.4, -0.2) is 45.8 Å². The molecule has 8 nitrogen and oxygen atoms in total. The molecule has 0 aliphatic heterocycles. The highest BCUT2D eigenvalue weighted by molar-refractivity contribution is 5.91. The molecule has 0 saturated heterocycles. The minimum absolute atomic E-state index is 0.226. The Balaban J connectivity index is 1.46. The van der Waals surface area contributed by atoms with Gasteiger partial charge in [-0.3, -0.25) is 10.3 Å². The number of amides is 2. The lowest BCUT2D eigenvalue weighted by molar-refractivity contribution is 0.109. The Morgan fingerprint density at radius 2 is 1.91 bits per heavy atom. The fraction of sp³-hybridized carbons (Fsp3) is 0.296. The third-order valence-corrected chi connectivity index (χ3v) is 7.12. The van der Waals surface area contributed by atoms with Crippen LogP contribution in [0.2, 0.25) is 0 Å². The molecular formula is C27H30N6O2. The van der Waals surface area contributed by atoms with Gasteiger partial charge in [-0.05, 0) is 55.5 Å². The predicted octanol–water partition coefficient (Wildman–Crippen LogP) is 4.36. The summed E-state index contributed by atoms with van der Waals surface area (Å²) in [5, 5.41) is 27.4. The molecular weight excluding hydrogens is 440 g/mol. The number of urea groups is 1. The van der Waals surface area contributed by atoms with Crippen molar-refractivity contribution in [3.63, 3.8) is 0 Å². The summed E-state index contributed by atoms with van der Waals surface area (Å²) < 4.78 is 1.73. The Hall–Kier alpha value is -3.91. The predicted molar refractivity (Wildman–Crippen MR) is 138 cm³/mol. The molecule has 1 heterocycles. The van der Waals surface area contributed by atoms with E-state index >= 15 is 0 Å². The first-order chi connectivity index (χ1) is 16.9. The number of fused-ring (bicyclic) bond motifs is 2. The van der Waals surface area contributed by atoms with Crippen LogP contribution in [0.1, 0.15) is 48.2 Å². The molecule has 2 atom stereocenters. The van der Waals surface area contributed by atoms with Crippen molar-refractivity contribution in [3.05, 3.63) is 83.2 Å². The van der Waals surface area contributed by atoms with Crippen LogP contribution in [0.15, 0.2) is 65.9 Å². The summed E-state index contributed by atoms with van der Waals surface area (Å²) in [7, 11) is 1.80. The normalized spacial score (nSPS) is 19.8. The molecule has 3 N–H and O–H groups in total. The van der Waals surface area contributed by atoms with Crippen molar-refractivity contribution >= 4 is 24.1 Å². The summed E-state index contributed by atoms with van der Waals surface area (Å²) in [5.74, 6) is 0.563. The Morgan fingerprint density at radius 1 is 1.23 bits per heavy atom. The molecule has 0 radical (unpaired) electrons. The second kappa shape index (κ2) is 8.70. The van der Waals surface area contributed by atoms with Crippen LogP contribution in [0, 0.1) is 6.92 Å². The maximum Gasteiger partial charge on any atom is 0.320 e. The van der Waals surface area contributed by atoms with E-state index in [0.29, 0.717) is 5.82 Å². The third-order valence-electron chi connectivity index (χ3n) is 7.12. The summed E-state index contributed by atoms with van der Waals surface area (Å²) in [5.41, 5.74) is 5.17. The fourth-order valence-corrected chi connectivity index (χ4v) is 5.17. The van der Waals surface area contributed by atoms with Crippen LogP contribution >= 0.6 is 0 Å². The van der Waals surface area contributed by atoms with E-state index in [4.69, 9.17) is 5.10 Å². The Labute approximate surface area is 205 Å². The van der Waals surface area contributed by atoms with E-state index in [-0.39, 0.29) is 11.4 Å². The van der Waals surface area contributed by atoms with Gasteiger partial charge in [0.05, 0.1) is 23.5 Å². The molecule has 0 bridgehead atoms. The molecule has 2 aliphatic rings. The summed E-state index contributed by atoms with van der Waals surface area (Å²) >= 11 is 0. The monoisotopic (exact) mass is 470 g/mol. The van der Waals surface area contributed by atoms with Gasteiger partial charge in [0.1, 0.15) is 5.82 Å². The molecule has 3 aromatic rings. The fourth-order valence-electron chi connectivity index (χ4n) is 5.17. The van der Waals surface area contributed by atoms with Crippen molar-refractivity contribution in [2.24, 2.45) is 5.10 Å². The summed E-state index contributed by atoms with van der Waals surface area (Å²) in [6.45, 7) is 7.41. The number of carbonyl (C=O) groups is 1. The molecule has 0 unspecified atom stereocenters. The number of nitrogens with one attached hydrogen (secondary N) is 2. The number of hydrogen-bond donors (Lipinski definition) is 3. The zero-order chi connectivity index (χ0) is 24.7. The average molecular weight is 471 g/mol. The molecule has 180 valence electrons. The lowest BCUT2D eigenvalue weighted by Crippen LogP contribution is -2.39. The van der Waals surface area contributed by atoms with Crippen molar-refractivity contribution in [2.75, 3.05) is 12.4 Å². The van der Waals surface area contributed by atoms with Crippen LogP contribution in [0.25, 0.3) is 11.3 Å². The van der Waals surface area contributed by atoms with Gasteiger partial charge in [-0.25, -0.2) is 9.48 Å². The lowest BCUT2D eigenvalue weighted by Gasteiger charge is -2.21. The number of aromatic nitrogens is 2. The molecule has 1 spiro atoms. The van der Waals surface area contributed by atoms with Gasteiger partial charge >= 0.3 is 6.03 Å². The highest BCUT2D eigenvalue weighted by Crippen LogP contribution is 2.59. The maximum absolute atomic E-state index is 13.3. The first-order valence-corrected chi connectivity index (χ1v) is 11.7. The first kappa shape index (κ1) is 22.9. The van der Waals surface area contributed by atoms with Gasteiger partial charge in [0.15, 0.2) is 0 Å². The van der Waals surface area contributed by atoms with Crippen molar-refractivity contribution in [2.45, 2.75) is 44.2 Å². The largest absolute Gasteiger partial charge is 0.390 e. The third kappa shape index (κ3) is 3.89.